The molecule has 0 amide bonds. The fourth-order valence-corrected chi connectivity index (χ4v) is 1.63. The van der Waals surface area contributed by atoms with Crippen molar-refractivity contribution in [2.75, 3.05) is 11.4 Å². The second kappa shape index (κ2) is 6.55. The van der Waals surface area contributed by atoms with E-state index in [0.29, 0.717) is 18.8 Å². The Morgan fingerprint density at radius 1 is 1.50 bits per heavy atom. The highest BCUT2D eigenvalue weighted by molar-refractivity contribution is 5.66. The number of carbonyl (C=O) groups is 1. The summed E-state index contributed by atoms with van der Waals surface area (Å²) < 4.78 is 0. The van der Waals surface area contributed by atoms with E-state index in [2.05, 4.69) is 9.97 Å². The molecule has 0 saturated carbocycles. The van der Waals surface area contributed by atoms with Crippen LogP contribution in [0.5, 0.6) is 0 Å². The van der Waals surface area contributed by atoms with Crippen molar-refractivity contribution >= 4 is 11.8 Å². The standard InChI is InChI=1S/C12H16N4O2/c1-9(2)16(7-3-4-11(17)18)12-10(8-13)14-5-6-15-12/h5-6,9H,3-4,7H2,1-2H3,(H,17,18). The summed E-state index contributed by atoms with van der Waals surface area (Å²) >= 11 is 0. The van der Waals surface area contributed by atoms with Gasteiger partial charge in [-0.25, -0.2) is 9.97 Å². The predicted molar refractivity (Wildman–Crippen MR) is 66.1 cm³/mol. The zero-order valence-electron chi connectivity index (χ0n) is 10.5. The summed E-state index contributed by atoms with van der Waals surface area (Å²) in [5, 5.41) is 17.6. The van der Waals surface area contributed by atoms with Crippen LogP contribution >= 0.6 is 0 Å². The lowest BCUT2D eigenvalue weighted by molar-refractivity contribution is -0.137. The third-order valence-electron chi connectivity index (χ3n) is 2.47. The summed E-state index contributed by atoms with van der Waals surface area (Å²) in [6.07, 6.45) is 3.61. The zero-order chi connectivity index (χ0) is 13.5. The Bertz CT molecular complexity index is 454. The first kappa shape index (κ1) is 13.9. The Morgan fingerprint density at radius 3 is 2.72 bits per heavy atom. The summed E-state index contributed by atoms with van der Waals surface area (Å²) in [4.78, 5) is 20.5. The molecule has 0 atom stereocenters. The van der Waals surface area contributed by atoms with E-state index < -0.39 is 5.97 Å². The van der Waals surface area contributed by atoms with Gasteiger partial charge in [0.25, 0.3) is 0 Å². The number of anilines is 1. The molecule has 1 heterocycles. The number of nitriles is 1. The fraction of sp³-hybridized carbons (Fsp3) is 0.500. The van der Waals surface area contributed by atoms with Crippen LogP contribution in [-0.4, -0.2) is 33.6 Å². The van der Waals surface area contributed by atoms with Crippen molar-refractivity contribution in [2.45, 2.75) is 32.7 Å². The molecule has 0 radical (unpaired) electrons. The van der Waals surface area contributed by atoms with Crippen molar-refractivity contribution in [3.05, 3.63) is 18.1 Å². The smallest absolute Gasteiger partial charge is 0.303 e. The molecule has 18 heavy (non-hydrogen) atoms. The third kappa shape index (κ3) is 3.70. The van der Waals surface area contributed by atoms with Gasteiger partial charge in [0.1, 0.15) is 6.07 Å². The highest BCUT2D eigenvalue weighted by atomic mass is 16.4. The highest BCUT2D eigenvalue weighted by Crippen LogP contribution is 2.17. The van der Waals surface area contributed by atoms with Crippen molar-refractivity contribution < 1.29 is 9.90 Å². The zero-order valence-corrected chi connectivity index (χ0v) is 10.5. The van der Waals surface area contributed by atoms with E-state index in [-0.39, 0.29) is 18.2 Å². The minimum atomic E-state index is -0.821. The molecule has 0 aromatic carbocycles. The molecule has 0 unspecified atom stereocenters. The molecule has 6 heteroatoms. The van der Waals surface area contributed by atoms with E-state index in [1.165, 1.54) is 12.4 Å². The molecule has 1 N–H and O–H groups in total. The monoisotopic (exact) mass is 248 g/mol. The lowest BCUT2D eigenvalue weighted by Crippen LogP contribution is -2.33. The van der Waals surface area contributed by atoms with Gasteiger partial charge >= 0.3 is 5.97 Å². The third-order valence-corrected chi connectivity index (χ3v) is 2.47. The van der Waals surface area contributed by atoms with Crippen LogP contribution in [0.15, 0.2) is 12.4 Å². The van der Waals surface area contributed by atoms with Crippen LogP contribution < -0.4 is 4.90 Å². The number of hydrogen-bond donors (Lipinski definition) is 1. The maximum absolute atomic E-state index is 10.5. The van der Waals surface area contributed by atoms with Gasteiger partial charge in [0.15, 0.2) is 11.5 Å². The summed E-state index contributed by atoms with van der Waals surface area (Å²) in [7, 11) is 0. The molecule has 1 rings (SSSR count). The van der Waals surface area contributed by atoms with Crippen LogP contribution in [0.2, 0.25) is 0 Å². The summed E-state index contributed by atoms with van der Waals surface area (Å²) in [6.45, 7) is 4.48. The predicted octanol–water partition coefficient (Wildman–Crippen LogP) is 1.43. The van der Waals surface area contributed by atoms with Gasteiger partial charge in [-0.3, -0.25) is 4.79 Å². The van der Waals surface area contributed by atoms with Gasteiger partial charge in [-0.1, -0.05) is 0 Å². The van der Waals surface area contributed by atoms with E-state index in [4.69, 9.17) is 10.4 Å². The van der Waals surface area contributed by atoms with E-state index in [0.717, 1.165) is 0 Å². The highest BCUT2D eigenvalue weighted by Gasteiger charge is 2.16. The average molecular weight is 248 g/mol. The molecular formula is C12H16N4O2. The molecule has 0 aliphatic heterocycles. The molecule has 0 aliphatic carbocycles. The number of hydrogen-bond acceptors (Lipinski definition) is 5. The van der Waals surface area contributed by atoms with E-state index in [9.17, 15) is 4.79 Å². The van der Waals surface area contributed by atoms with Gasteiger partial charge in [-0.2, -0.15) is 5.26 Å². The number of nitrogens with zero attached hydrogens (tertiary/aromatic N) is 4. The second-order valence-corrected chi connectivity index (χ2v) is 4.12. The molecule has 0 saturated heterocycles. The molecule has 0 bridgehead atoms. The first-order valence-corrected chi connectivity index (χ1v) is 5.75. The lowest BCUT2D eigenvalue weighted by Gasteiger charge is -2.27. The van der Waals surface area contributed by atoms with Crippen molar-refractivity contribution in [2.24, 2.45) is 0 Å². The topological polar surface area (TPSA) is 90.1 Å². The summed E-state index contributed by atoms with van der Waals surface area (Å²) in [5.41, 5.74) is 0.265. The van der Waals surface area contributed by atoms with E-state index >= 15 is 0 Å². The molecule has 6 nitrogen and oxygen atoms in total. The van der Waals surface area contributed by atoms with Crippen LogP contribution in [0.1, 0.15) is 32.4 Å². The SMILES string of the molecule is CC(C)N(CCCC(=O)O)c1nccnc1C#N. The van der Waals surface area contributed by atoms with Gasteiger partial charge in [0.2, 0.25) is 0 Å². The number of aliphatic carboxylic acids is 1. The molecular weight excluding hydrogens is 232 g/mol. The largest absolute Gasteiger partial charge is 0.481 e. The Morgan fingerprint density at radius 2 is 2.17 bits per heavy atom. The number of carboxylic acid groups (broad SMARTS) is 1. The fourth-order valence-electron chi connectivity index (χ4n) is 1.63. The van der Waals surface area contributed by atoms with Gasteiger partial charge < -0.3 is 10.0 Å². The van der Waals surface area contributed by atoms with Crippen LogP contribution in [0, 0.1) is 11.3 Å². The lowest BCUT2D eigenvalue weighted by atomic mass is 10.2. The Hall–Kier alpha value is -2.16. The molecule has 0 spiro atoms. The van der Waals surface area contributed by atoms with Crippen molar-refractivity contribution in [3.63, 3.8) is 0 Å². The maximum Gasteiger partial charge on any atom is 0.303 e. The van der Waals surface area contributed by atoms with Gasteiger partial charge in [0, 0.05) is 31.4 Å². The van der Waals surface area contributed by atoms with Crippen LogP contribution in [0.25, 0.3) is 0 Å². The molecule has 0 aliphatic rings. The maximum atomic E-state index is 10.5. The van der Waals surface area contributed by atoms with Crippen molar-refractivity contribution in [1.29, 1.82) is 5.26 Å². The molecule has 1 aromatic heterocycles. The summed E-state index contributed by atoms with van der Waals surface area (Å²) in [6, 6.07) is 2.13. The molecule has 96 valence electrons. The minimum absolute atomic E-state index is 0.103. The number of aromatic nitrogens is 2. The first-order valence-electron chi connectivity index (χ1n) is 5.75. The minimum Gasteiger partial charge on any atom is -0.481 e. The molecule has 1 aromatic rings. The summed E-state index contributed by atoms with van der Waals surface area (Å²) in [5.74, 6) is -0.307. The van der Waals surface area contributed by atoms with Crippen molar-refractivity contribution in [3.8, 4) is 6.07 Å². The molecule has 0 fully saturated rings. The van der Waals surface area contributed by atoms with E-state index in [1.54, 1.807) is 0 Å². The Labute approximate surface area is 106 Å². The normalized spacial score (nSPS) is 10.1. The Kier molecular flexibility index (Phi) is 5.06. The average Bonchev–Trinajstić information content (AvgIpc) is 2.34. The van der Waals surface area contributed by atoms with E-state index in [1.807, 2.05) is 24.8 Å². The van der Waals surface area contributed by atoms with Crippen LogP contribution in [0.4, 0.5) is 5.82 Å². The van der Waals surface area contributed by atoms with Crippen LogP contribution in [-0.2, 0) is 4.79 Å². The van der Waals surface area contributed by atoms with Crippen LogP contribution in [0.3, 0.4) is 0 Å². The number of rotatable bonds is 6. The second-order valence-electron chi connectivity index (χ2n) is 4.12. The quantitative estimate of drug-likeness (QED) is 0.819. The van der Waals surface area contributed by atoms with Gasteiger partial charge in [0.05, 0.1) is 0 Å². The first-order chi connectivity index (χ1) is 8.56. The number of carboxylic acids is 1. The van der Waals surface area contributed by atoms with Gasteiger partial charge in [-0.15, -0.1) is 0 Å². The van der Waals surface area contributed by atoms with Crippen molar-refractivity contribution in [1.82, 2.24) is 9.97 Å². The van der Waals surface area contributed by atoms with Gasteiger partial charge in [-0.05, 0) is 20.3 Å². The Balaban J connectivity index is 2.84.